The number of carboxylic acid groups (broad SMARTS) is 1. The molecule has 1 unspecified atom stereocenters. The molecule has 1 heterocycles. The summed E-state index contributed by atoms with van der Waals surface area (Å²) >= 11 is 0. The lowest BCUT2D eigenvalue weighted by atomic mass is 10.0. The number of aliphatic carboxylic acids is 1. The second-order valence-corrected chi connectivity index (χ2v) is 8.09. The number of hydrogen-bond donors (Lipinski definition) is 8. The summed E-state index contributed by atoms with van der Waals surface area (Å²) in [5.74, 6) is -5.30. The molecule has 1 atom stereocenters. The minimum atomic E-state index is -1.15. The summed E-state index contributed by atoms with van der Waals surface area (Å²) in [5.41, 5.74) is 6.65. The number of nitrogens with one attached hydrogen (secondary N) is 6. The van der Waals surface area contributed by atoms with Gasteiger partial charge >= 0.3 is 5.97 Å². The number of benzene rings is 1. The van der Waals surface area contributed by atoms with Gasteiger partial charge in [0.25, 0.3) is 0 Å². The number of hydrogen-bond acceptors (Lipinski definition) is 7. The first-order chi connectivity index (χ1) is 18.0. The van der Waals surface area contributed by atoms with Crippen LogP contribution < -0.4 is 32.3 Å². The number of carbonyl (C=O) groups is 7. The molecule has 0 aliphatic carbocycles. The zero-order valence-corrected chi connectivity index (χ0v) is 20.3. The molecule has 2 rings (SSSR count). The second kappa shape index (κ2) is 14.6. The van der Waals surface area contributed by atoms with Crippen LogP contribution in [0.5, 0.6) is 0 Å². The standard InChI is InChI=1S/C23H29N7O8/c24-17(31)9-29-23(38)16(7-13-8-25-15-4-2-1-3-14(13)15)30-21(35)12-28-20(34)11-27-19(33)10-26-18(32)5-6-22(36)37/h1-4,8,16,25H,5-7,9-12H2,(H2,24,31)(H,26,32)(H,27,33)(H,28,34)(H,29,38)(H,30,35)(H,36,37). The highest BCUT2D eigenvalue weighted by atomic mass is 16.4. The van der Waals surface area contributed by atoms with Gasteiger partial charge in [0, 0.05) is 29.9 Å². The summed E-state index contributed by atoms with van der Waals surface area (Å²) in [6.45, 7) is -1.87. The Morgan fingerprint density at radius 2 is 1.39 bits per heavy atom. The van der Waals surface area contributed by atoms with Crippen LogP contribution >= 0.6 is 0 Å². The third-order valence-corrected chi connectivity index (χ3v) is 5.09. The first-order valence-electron chi connectivity index (χ1n) is 11.5. The fraction of sp³-hybridized carbons (Fsp3) is 0.348. The van der Waals surface area contributed by atoms with Crippen molar-refractivity contribution in [2.45, 2.75) is 25.3 Å². The SMILES string of the molecule is NC(=O)CNC(=O)C(Cc1c[nH]c2ccccc12)NC(=O)CNC(=O)CNC(=O)CNC(=O)CCC(=O)O. The number of rotatable bonds is 15. The van der Waals surface area contributed by atoms with Crippen molar-refractivity contribution in [3.8, 4) is 0 Å². The molecule has 0 saturated carbocycles. The number of primary amides is 1. The van der Waals surface area contributed by atoms with E-state index in [-0.39, 0.29) is 19.3 Å². The van der Waals surface area contributed by atoms with E-state index < -0.39 is 73.6 Å². The van der Waals surface area contributed by atoms with Crippen molar-refractivity contribution >= 4 is 52.3 Å². The van der Waals surface area contributed by atoms with Gasteiger partial charge in [0.1, 0.15) is 6.04 Å². The smallest absolute Gasteiger partial charge is 0.303 e. The van der Waals surface area contributed by atoms with Crippen LogP contribution in [0.15, 0.2) is 30.5 Å². The van der Waals surface area contributed by atoms with Crippen molar-refractivity contribution < 1.29 is 38.7 Å². The lowest BCUT2D eigenvalue weighted by molar-refractivity contribution is -0.138. The maximum atomic E-state index is 12.6. The first kappa shape index (κ1) is 29.3. The van der Waals surface area contributed by atoms with E-state index >= 15 is 0 Å². The fourth-order valence-corrected chi connectivity index (χ4v) is 3.24. The lowest BCUT2D eigenvalue weighted by Crippen LogP contribution is -2.52. The average molecular weight is 532 g/mol. The molecule has 1 aromatic carbocycles. The predicted octanol–water partition coefficient (Wildman–Crippen LogP) is -2.99. The number of para-hydroxylation sites is 1. The zero-order chi connectivity index (χ0) is 28.1. The van der Waals surface area contributed by atoms with Crippen molar-refractivity contribution in [2.24, 2.45) is 5.73 Å². The maximum Gasteiger partial charge on any atom is 0.303 e. The third kappa shape index (κ3) is 10.3. The van der Waals surface area contributed by atoms with Crippen molar-refractivity contribution in [2.75, 3.05) is 26.2 Å². The summed E-state index contributed by atoms with van der Waals surface area (Å²) in [7, 11) is 0. The van der Waals surface area contributed by atoms with E-state index in [2.05, 4.69) is 31.6 Å². The van der Waals surface area contributed by atoms with Crippen LogP contribution in [0.4, 0.5) is 0 Å². The number of nitrogens with two attached hydrogens (primary N) is 1. The van der Waals surface area contributed by atoms with Crippen molar-refractivity contribution in [1.29, 1.82) is 0 Å². The maximum absolute atomic E-state index is 12.6. The van der Waals surface area contributed by atoms with E-state index in [0.29, 0.717) is 0 Å². The normalized spacial score (nSPS) is 11.2. The Balaban J connectivity index is 1.83. The molecular formula is C23H29N7O8. The minimum Gasteiger partial charge on any atom is -0.481 e. The summed E-state index contributed by atoms with van der Waals surface area (Å²) in [6, 6.07) is 6.27. The number of carboxylic acids is 1. The quantitative estimate of drug-likeness (QED) is 0.117. The van der Waals surface area contributed by atoms with Crippen molar-refractivity contribution in [3.63, 3.8) is 0 Å². The molecule has 0 bridgehead atoms. The zero-order valence-electron chi connectivity index (χ0n) is 20.3. The van der Waals surface area contributed by atoms with Crippen LogP contribution in [0.25, 0.3) is 10.9 Å². The Kier molecular flexibility index (Phi) is 11.2. The molecule has 0 spiro atoms. The first-order valence-corrected chi connectivity index (χ1v) is 11.5. The number of aromatic amines is 1. The Morgan fingerprint density at radius 1 is 0.789 bits per heavy atom. The van der Waals surface area contributed by atoms with Crippen LogP contribution in [0, 0.1) is 0 Å². The topological polar surface area (TPSA) is 242 Å². The molecule has 0 fully saturated rings. The lowest BCUT2D eigenvalue weighted by Gasteiger charge is -2.18. The molecule has 0 aliphatic rings. The van der Waals surface area contributed by atoms with Crippen LogP contribution in [-0.2, 0) is 40.0 Å². The van der Waals surface area contributed by atoms with Gasteiger partial charge in [-0.15, -0.1) is 0 Å². The predicted molar refractivity (Wildman–Crippen MR) is 132 cm³/mol. The number of fused-ring (bicyclic) bond motifs is 1. The number of amides is 6. The highest BCUT2D eigenvalue weighted by Gasteiger charge is 2.23. The van der Waals surface area contributed by atoms with E-state index in [0.717, 1.165) is 16.5 Å². The van der Waals surface area contributed by atoms with Gasteiger partial charge in [-0.05, 0) is 11.6 Å². The third-order valence-electron chi connectivity index (χ3n) is 5.09. The number of carbonyl (C=O) groups excluding carboxylic acids is 6. The highest BCUT2D eigenvalue weighted by molar-refractivity contribution is 5.94. The molecule has 2 aromatic rings. The molecule has 0 radical (unpaired) electrons. The van der Waals surface area contributed by atoms with E-state index in [4.69, 9.17) is 10.8 Å². The van der Waals surface area contributed by atoms with Crippen LogP contribution in [0.1, 0.15) is 18.4 Å². The van der Waals surface area contributed by atoms with Gasteiger partial charge in [-0.2, -0.15) is 0 Å². The molecule has 15 heteroatoms. The summed E-state index contributed by atoms with van der Waals surface area (Å²) in [6.07, 6.45) is 1.11. The summed E-state index contributed by atoms with van der Waals surface area (Å²) < 4.78 is 0. The van der Waals surface area contributed by atoms with Crippen molar-refractivity contribution in [1.82, 2.24) is 31.6 Å². The monoisotopic (exact) mass is 531 g/mol. The van der Waals surface area contributed by atoms with Gasteiger partial charge in [-0.3, -0.25) is 33.6 Å². The highest BCUT2D eigenvalue weighted by Crippen LogP contribution is 2.19. The minimum absolute atomic E-state index is 0.0859. The van der Waals surface area contributed by atoms with Crippen LogP contribution in [0.2, 0.25) is 0 Å². The molecule has 0 aliphatic heterocycles. The van der Waals surface area contributed by atoms with Gasteiger partial charge in [0.15, 0.2) is 0 Å². The Labute approximate surface area is 216 Å². The van der Waals surface area contributed by atoms with Gasteiger partial charge in [0.05, 0.1) is 32.6 Å². The average Bonchev–Trinajstić information content (AvgIpc) is 3.29. The number of aromatic nitrogens is 1. The van der Waals surface area contributed by atoms with Gasteiger partial charge in [-0.1, -0.05) is 18.2 Å². The fourth-order valence-electron chi connectivity index (χ4n) is 3.24. The number of H-pyrrole nitrogens is 1. The molecule has 204 valence electrons. The molecule has 1 aromatic heterocycles. The molecule has 0 saturated heterocycles. The Hall–Kier alpha value is -4.95. The molecule has 38 heavy (non-hydrogen) atoms. The Morgan fingerprint density at radius 3 is 2.03 bits per heavy atom. The van der Waals surface area contributed by atoms with Gasteiger partial charge in [0.2, 0.25) is 35.4 Å². The van der Waals surface area contributed by atoms with E-state index in [9.17, 15) is 33.6 Å². The van der Waals surface area contributed by atoms with E-state index in [1.165, 1.54) is 0 Å². The summed E-state index contributed by atoms with van der Waals surface area (Å²) in [5, 5.41) is 21.0. The van der Waals surface area contributed by atoms with Gasteiger partial charge in [-0.25, -0.2) is 0 Å². The van der Waals surface area contributed by atoms with Crippen molar-refractivity contribution in [3.05, 3.63) is 36.0 Å². The molecule has 15 nitrogen and oxygen atoms in total. The van der Waals surface area contributed by atoms with Gasteiger partial charge < -0.3 is 42.4 Å². The second-order valence-electron chi connectivity index (χ2n) is 8.09. The molecule has 9 N–H and O–H groups in total. The molecule has 6 amide bonds. The van der Waals surface area contributed by atoms with E-state index in [1.807, 2.05) is 24.3 Å². The van der Waals surface area contributed by atoms with Crippen LogP contribution in [-0.4, -0.2) is 83.7 Å². The van der Waals surface area contributed by atoms with E-state index in [1.54, 1.807) is 6.20 Å². The van der Waals surface area contributed by atoms with Crippen LogP contribution in [0.3, 0.4) is 0 Å². The Bertz CT molecular complexity index is 1210. The molecular weight excluding hydrogens is 502 g/mol. The largest absolute Gasteiger partial charge is 0.481 e. The summed E-state index contributed by atoms with van der Waals surface area (Å²) in [4.78, 5) is 84.7.